The molecule has 132 valence electrons. The molecule has 1 aliphatic rings. The summed E-state index contributed by atoms with van der Waals surface area (Å²) in [6.07, 6.45) is 2.23. The van der Waals surface area contributed by atoms with Crippen molar-refractivity contribution in [1.82, 2.24) is 0 Å². The molecule has 0 unspecified atom stereocenters. The van der Waals surface area contributed by atoms with Crippen LogP contribution in [-0.2, 0) is 17.6 Å². The first-order valence-electron chi connectivity index (χ1n) is 8.51. The largest absolute Gasteiger partial charge is 0.326 e. The number of nitrogens with zero attached hydrogens (tertiary/aromatic N) is 1. The van der Waals surface area contributed by atoms with E-state index in [1.54, 1.807) is 11.3 Å². The highest BCUT2D eigenvalue weighted by Gasteiger charge is 2.24. The normalized spacial score (nSPS) is 13.3. The molecule has 6 heteroatoms. The Morgan fingerprint density at radius 2 is 1.92 bits per heavy atom. The van der Waals surface area contributed by atoms with Crippen molar-refractivity contribution in [2.24, 2.45) is 0 Å². The van der Waals surface area contributed by atoms with Gasteiger partial charge in [-0.15, -0.1) is 22.7 Å². The Morgan fingerprint density at radius 3 is 2.69 bits per heavy atom. The minimum atomic E-state index is -0.0188. The summed E-state index contributed by atoms with van der Waals surface area (Å²) < 4.78 is 0. The molecule has 0 atom stereocenters. The summed E-state index contributed by atoms with van der Waals surface area (Å²) in [5.41, 5.74) is 2.84. The molecule has 0 saturated heterocycles. The Hall–Kier alpha value is -2.44. The van der Waals surface area contributed by atoms with E-state index in [9.17, 15) is 9.59 Å². The molecule has 0 saturated carbocycles. The molecule has 0 fully saturated rings. The number of thiophene rings is 2. The third-order valence-corrected chi connectivity index (χ3v) is 6.11. The summed E-state index contributed by atoms with van der Waals surface area (Å²) in [5.74, 6) is 0.0326. The van der Waals surface area contributed by atoms with Gasteiger partial charge in [0.1, 0.15) is 0 Å². The number of fused-ring (bicyclic) bond motifs is 1. The topological polar surface area (TPSA) is 49.4 Å². The molecule has 1 aromatic carbocycles. The number of amides is 2. The molecule has 0 spiro atoms. The van der Waals surface area contributed by atoms with Crippen LogP contribution in [0.25, 0.3) is 0 Å². The predicted molar refractivity (Wildman–Crippen MR) is 107 cm³/mol. The molecule has 1 N–H and O–H groups in total. The number of rotatable bonds is 4. The number of carbonyl (C=O) groups is 2. The van der Waals surface area contributed by atoms with Crippen LogP contribution in [0.5, 0.6) is 0 Å². The van der Waals surface area contributed by atoms with Gasteiger partial charge in [0, 0.05) is 22.8 Å². The van der Waals surface area contributed by atoms with E-state index in [2.05, 4.69) is 5.32 Å². The SMILES string of the molecule is O=C(Cc1cccs1)Nc1ccc2c(c1)CCCN2C(=O)c1cccs1. The van der Waals surface area contributed by atoms with Crippen molar-refractivity contribution in [3.63, 3.8) is 0 Å². The molecule has 0 bridgehead atoms. The number of anilines is 2. The zero-order valence-corrected chi connectivity index (χ0v) is 15.7. The summed E-state index contributed by atoms with van der Waals surface area (Å²) in [7, 11) is 0. The van der Waals surface area contributed by atoms with Gasteiger partial charge in [0.05, 0.1) is 11.3 Å². The monoisotopic (exact) mass is 382 g/mol. The van der Waals surface area contributed by atoms with E-state index in [0.717, 1.165) is 46.1 Å². The lowest BCUT2D eigenvalue weighted by Gasteiger charge is -2.29. The molecule has 0 aliphatic carbocycles. The van der Waals surface area contributed by atoms with Crippen LogP contribution in [0.1, 0.15) is 26.5 Å². The van der Waals surface area contributed by atoms with Crippen molar-refractivity contribution < 1.29 is 9.59 Å². The molecule has 3 heterocycles. The van der Waals surface area contributed by atoms with E-state index < -0.39 is 0 Å². The van der Waals surface area contributed by atoms with Gasteiger partial charge in [-0.25, -0.2) is 0 Å². The summed E-state index contributed by atoms with van der Waals surface area (Å²) in [4.78, 5) is 28.6. The van der Waals surface area contributed by atoms with Gasteiger partial charge in [-0.1, -0.05) is 12.1 Å². The Morgan fingerprint density at radius 1 is 1.08 bits per heavy atom. The first-order chi connectivity index (χ1) is 12.7. The van der Waals surface area contributed by atoms with E-state index in [1.165, 1.54) is 11.3 Å². The smallest absolute Gasteiger partial charge is 0.268 e. The second-order valence-electron chi connectivity index (χ2n) is 6.19. The molecule has 2 amide bonds. The minimum absolute atomic E-state index is 0.0188. The number of carbonyl (C=O) groups excluding carboxylic acids is 2. The number of aryl methyl sites for hydroxylation is 1. The molecular formula is C20H18N2O2S2. The lowest BCUT2D eigenvalue weighted by atomic mass is 10.0. The molecule has 3 aromatic rings. The van der Waals surface area contributed by atoms with Crippen LogP contribution >= 0.6 is 22.7 Å². The van der Waals surface area contributed by atoms with Crippen molar-refractivity contribution in [2.75, 3.05) is 16.8 Å². The maximum Gasteiger partial charge on any atom is 0.268 e. The van der Waals surface area contributed by atoms with Crippen LogP contribution in [0.15, 0.2) is 53.2 Å². The highest BCUT2D eigenvalue weighted by atomic mass is 32.1. The highest BCUT2D eigenvalue weighted by Crippen LogP contribution is 2.31. The fourth-order valence-electron chi connectivity index (χ4n) is 3.20. The van der Waals surface area contributed by atoms with E-state index >= 15 is 0 Å². The van der Waals surface area contributed by atoms with Gasteiger partial charge >= 0.3 is 0 Å². The van der Waals surface area contributed by atoms with Gasteiger partial charge < -0.3 is 10.2 Å². The Balaban J connectivity index is 1.51. The Kier molecular flexibility index (Phi) is 4.86. The number of hydrogen-bond donors (Lipinski definition) is 1. The summed E-state index contributed by atoms with van der Waals surface area (Å²) in [5, 5.41) is 6.86. The Bertz CT molecular complexity index is 917. The molecule has 1 aliphatic heterocycles. The lowest BCUT2D eigenvalue weighted by molar-refractivity contribution is -0.115. The van der Waals surface area contributed by atoms with Crippen LogP contribution in [0.4, 0.5) is 11.4 Å². The zero-order valence-electron chi connectivity index (χ0n) is 14.1. The first-order valence-corrected chi connectivity index (χ1v) is 10.3. The number of benzene rings is 1. The van der Waals surface area contributed by atoms with Gasteiger partial charge in [0.25, 0.3) is 5.91 Å². The third kappa shape index (κ3) is 3.57. The quantitative estimate of drug-likeness (QED) is 0.718. The zero-order chi connectivity index (χ0) is 17.9. The first kappa shape index (κ1) is 17.0. The van der Waals surface area contributed by atoms with Gasteiger partial charge in [-0.2, -0.15) is 0 Å². The van der Waals surface area contributed by atoms with E-state index in [4.69, 9.17) is 0 Å². The van der Waals surface area contributed by atoms with Gasteiger partial charge in [-0.3, -0.25) is 9.59 Å². The van der Waals surface area contributed by atoms with Crippen LogP contribution in [0.3, 0.4) is 0 Å². The van der Waals surface area contributed by atoms with Crippen molar-refractivity contribution in [1.29, 1.82) is 0 Å². The van der Waals surface area contributed by atoms with Crippen molar-refractivity contribution in [3.05, 3.63) is 68.5 Å². The molecule has 4 rings (SSSR count). The van der Waals surface area contributed by atoms with Crippen LogP contribution in [0, 0.1) is 0 Å². The number of nitrogens with one attached hydrogen (secondary N) is 1. The fraction of sp³-hybridized carbons (Fsp3) is 0.200. The average Bonchev–Trinajstić information content (AvgIpc) is 3.34. The molecule has 4 nitrogen and oxygen atoms in total. The van der Waals surface area contributed by atoms with Crippen LogP contribution < -0.4 is 10.2 Å². The highest BCUT2D eigenvalue weighted by molar-refractivity contribution is 7.12. The van der Waals surface area contributed by atoms with Crippen LogP contribution in [0.2, 0.25) is 0 Å². The van der Waals surface area contributed by atoms with Crippen molar-refractivity contribution in [2.45, 2.75) is 19.3 Å². The minimum Gasteiger partial charge on any atom is -0.326 e. The van der Waals surface area contributed by atoms with Gasteiger partial charge in [0.2, 0.25) is 5.91 Å². The standard InChI is InChI=1S/C20H18N2O2S2/c23-19(13-16-5-2-10-25-16)21-15-7-8-17-14(12-15)4-1-9-22(17)20(24)18-6-3-11-26-18/h2-3,5-8,10-12H,1,4,9,13H2,(H,21,23). The third-order valence-electron chi connectivity index (χ3n) is 4.37. The van der Waals surface area contributed by atoms with Crippen LogP contribution in [-0.4, -0.2) is 18.4 Å². The fourth-order valence-corrected chi connectivity index (χ4v) is 4.57. The van der Waals surface area contributed by atoms with E-state index in [1.807, 2.05) is 58.1 Å². The number of hydrogen-bond acceptors (Lipinski definition) is 4. The Labute approximate surface area is 160 Å². The lowest BCUT2D eigenvalue weighted by Crippen LogP contribution is -2.35. The maximum absolute atomic E-state index is 12.7. The van der Waals surface area contributed by atoms with E-state index in [0.29, 0.717) is 6.42 Å². The molecule has 26 heavy (non-hydrogen) atoms. The summed E-state index contributed by atoms with van der Waals surface area (Å²) >= 11 is 3.05. The average molecular weight is 383 g/mol. The van der Waals surface area contributed by atoms with Crippen molar-refractivity contribution >= 4 is 45.9 Å². The maximum atomic E-state index is 12.7. The van der Waals surface area contributed by atoms with Gasteiger partial charge in [-0.05, 0) is 59.5 Å². The summed E-state index contributed by atoms with van der Waals surface area (Å²) in [6, 6.07) is 13.5. The van der Waals surface area contributed by atoms with E-state index in [-0.39, 0.29) is 11.8 Å². The molecule has 0 radical (unpaired) electrons. The molecule has 2 aromatic heterocycles. The summed E-state index contributed by atoms with van der Waals surface area (Å²) in [6.45, 7) is 0.730. The second kappa shape index (κ2) is 7.43. The van der Waals surface area contributed by atoms with Gasteiger partial charge in [0.15, 0.2) is 0 Å². The predicted octanol–water partition coefficient (Wildman–Crippen LogP) is 4.58. The second-order valence-corrected chi connectivity index (χ2v) is 8.17. The van der Waals surface area contributed by atoms with Crippen molar-refractivity contribution in [3.8, 4) is 0 Å². The molecular weight excluding hydrogens is 364 g/mol.